The predicted molar refractivity (Wildman–Crippen MR) is 93.8 cm³/mol. The van der Waals surface area contributed by atoms with E-state index in [-0.39, 0.29) is 5.56 Å². The van der Waals surface area contributed by atoms with Gasteiger partial charge in [-0.05, 0) is 37.3 Å². The summed E-state index contributed by atoms with van der Waals surface area (Å²) < 4.78 is 1.85. The predicted octanol–water partition coefficient (Wildman–Crippen LogP) is 3.33. The second-order valence-electron chi connectivity index (χ2n) is 5.73. The maximum Gasteiger partial charge on any atom is 0.260 e. The van der Waals surface area contributed by atoms with Crippen molar-refractivity contribution in [3.05, 3.63) is 44.8 Å². The molecule has 0 atom stereocenters. The van der Waals surface area contributed by atoms with Crippen molar-refractivity contribution in [3.8, 4) is 0 Å². The Morgan fingerprint density at radius 3 is 3.04 bits per heavy atom. The highest BCUT2D eigenvalue weighted by atomic mass is 35.5. The molecule has 0 radical (unpaired) electrons. The molecule has 0 saturated heterocycles. The van der Waals surface area contributed by atoms with E-state index in [2.05, 4.69) is 15.0 Å². The number of fused-ring (bicyclic) bond motifs is 3. The van der Waals surface area contributed by atoms with Gasteiger partial charge in [0.25, 0.3) is 5.56 Å². The lowest BCUT2D eigenvalue weighted by Crippen LogP contribution is -2.12. The number of aryl methyl sites for hydroxylation is 3. The number of imidazole rings is 1. The average molecular weight is 347 g/mol. The third-order valence-corrected chi connectivity index (χ3v) is 5.65. The molecule has 0 saturated carbocycles. The Morgan fingerprint density at radius 2 is 2.26 bits per heavy atom. The van der Waals surface area contributed by atoms with Crippen LogP contribution in [0.2, 0.25) is 0 Å². The normalized spacial score (nSPS) is 15.1. The molecule has 0 spiro atoms. The third-order valence-electron chi connectivity index (χ3n) is 4.18. The second-order valence-corrected chi connectivity index (χ2v) is 7.22. The second kappa shape index (κ2) is 5.62. The molecule has 3 heterocycles. The summed E-state index contributed by atoms with van der Waals surface area (Å²) >= 11 is 7.98. The fourth-order valence-corrected chi connectivity index (χ4v) is 4.45. The molecule has 0 bridgehead atoms. The van der Waals surface area contributed by atoms with Crippen LogP contribution in [-0.2, 0) is 19.9 Å². The van der Waals surface area contributed by atoms with E-state index in [9.17, 15) is 4.79 Å². The van der Waals surface area contributed by atoms with Crippen molar-refractivity contribution >= 4 is 44.3 Å². The van der Waals surface area contributed by atoms with Crippen molar-refractivity contribution in [2.24, 2.45) is 7.05 Å². The number of rotatable bonds is 2. The lowest BCUT2D eigenvalue weighted by Gasteiger charge is -2.09. The molecule has 3 aromatic rings. The van der Waals surface area contributed by atoms with Crippen LogP contribution in [0.5, 0.6) is 0 Å². The molecule has 3 aromatic heterocycles. The number of nitrogens with one attached hydrogen (secondary N) is 1. The molecule has 1 aliphatic rings. The monoisotopic (exact) mass is 346 g/mol. The maximum atomic E-state index is 12.5. The zero-order valence-corrected chi connectivity index (χ0v) is 14.2. The molecule has 4 rings (SSSR count). The molecule has 1 aliphatic carbocycles. The lowest BCUT2D eigenvalue weighted by molar-refractivity contribution is 0.700. The Kier molecular flexibility index (Phi) is 3.58. The summed E-state index contributed by atoms with van der Waals surface area (Å²) in [5.74, 6) is 0.406. The fourth-order valence-electron chi connectivity index (χ4n) is 2.98. The number of hydrogen-bond acceptors (Lipinski definition) is 4. The highest BCUT2D eigenvalue weighted by Gasteiger charge is 2.20. The van der Waals surface area contributed by atoms with Gasteiger partial charge < -0.3 is 9.55 Å². The van der Waals surface area contributed by atoms with E-state index in [4.69, 9.17) is 11.6 Å². The summed E-state index contributed by atoms with van der Waals surface area (Å²) in [6, 6.07) is 0. The van der Waals surface area contributed by atoms with Crippen LogP contribution in [0.1, 0.15) is 34.8 Å². The highest BCUT2D eigenvalue weighted by Crippen LogP contribution is 2.34. The smallest absolute Gasteiger partial charge is 0.260 e. The van der Waals surface area contributed by atoms with E-state index < -0.39 is 0 Å². The van der Waals surface area contributed by atoms with E-state index in [0.717, 1.165) is 35.2 Å². The molecule has 118 valence electrons. The zero-order chi connectivity index (χ0) is 16.0. The molecule has 7 heteroatoms. The molecule has 23 heavy (non-hydrogen) atoms. The minimum absolute atomic E-state index is 0.0963. The number of thiophene rings is 1. The Labute approximate surface area is 141 Å². The molecule has 0 aliphatic heterocycles. The van der Waals surface area contributed by atoms with E-state index in [1.54, 1.807) is 29.9 Å². The van der Waals surface area contributed by atoms with Gasteiger partial charge in [0.05, 0.1) is 28.6 Å². The Balaban J connectivity index is 1.84. The van der Waals surface area contributed by atoms with Crippen molar-refractivity contribution < 1.29 is 0 Å². The molecule has 0 unspecified atom stereocenters. The molecular formula is C16H15ClN4OS. The summed E-state index contributed by atoms with van der Waals surface area (Å²) in [5, 5.41) is 1.15. The number of aromatic nitrogens is 4. The average Bonchev–Trinajstić information content (AvgIpc) is 3.10. The van der Waals surface area contributed by atoms with Gasteiger partial charge in [0, 0.05) is 11.9 Å². The van der Waals surface area contributed by atoms with E-state index in [1.807, 2.05) is 11.6 Å². The van der Waals surface area contributed by atoms with Crippen molar-refractivity contribution in [1.82, 2.24) is 19.5 Å². The van der Waals surface area contributed by atoms with Crippen LogP contribution in [0.4, 0.5) is 0 Å². The van der Waals surface area contributed by atoms with Crippen molar-refractivity contribution in [2.45, 2.75) is 25.7 Å². The summed E-state index contributed by atoms with van der Waals surface area (Å²) in [7, 11) is 1.88. The SMILES string of the molecule is Cn1cncc1/C=C(\Cl)c1nc2sc3c(c2c(=O)[nH]1)CCCC3. The summed E-state index contributed by atoms with van der Waals surface area (Å²) in [4.78, 5) is 26.1. The Bertz CT molecular complexity index is 982. The van der Waals surface area contributed by atoms with E-state index in [1.165, 1.54) is 16.9 Å². The topological polar surface area (TPSA) is 63.6 Å². The van der Waals surface area contributed by atoms with Gasteiger partial charge in [0.15, 0.2) is 5.82 Å². The highest BCUT2D eigenvalue weighted by molar-refractivity contribution is 7.18. The molecule has 0 fully saturated rings. The van der Waals surface area contributed by atoms with Gasteiger partial charge in [0.2, 0.25) is 0 Å². The minimum Gasteiger partial charge on any atom is -0.334 e. The number of H-pyrrole nitrogens is 1. The third kappa shape index (κ3) is 2.52. The molecule has 5 nitrogen and oxygen atoms in total. The number of halogens is 1. The Hall–Kier alpha value is -1.92. The van der Waals surface area contributed by atoms with Gasteiger partial charge in [0.1, 0.15) is 4.83 Å². The summed E-state index contributed by atoms with van der Waals surface area (Å²) in [5.41, 5.74) is 1.94. The fraction of sp³-hybridized carbons (Fsp3) is 0.312. The number of nitrogens with zero attached hydrogens (tertiary/aromatic N) is 3. The summed E-state index contributed by atoms with van der Waals surface area (Å²) in [6.45, 7) is 0. The van der Waals surface area contributed by atoms with Gasteiger partial charge in [-0.15, -0.1) is 11.3 Å². The van der Waals surface area contributed by atoms with Gasteiger partial charge >= 0.3 is 0 Å². The number of aromatic amines is 1. The van der Waals surface area contributed by atoms with Gasteiger partial charge in [-0.3, -0.25) is 4.79 Å². The zero-order valence-electron chi connectivity index (χ0n) is 12.6. The molecule has 0 amide bonds. The lowest BCUT2D eigenvalue weighted by atomic mass is 9.97. The first kappa shape index (κ1) is 14.7. The first-order valence-electron chi connectivity index (χ1n) is 7.52. The molecule has 0 aromatic carbocycles. The molecule has 1 N–H and O–H groups in total. The van der Waals surface area contributed by atoms with E-state index >= 15 is 0 Å². The first-order chi connectivity index (χ1) is 11.1. The standard InChI is InChI=1S/C16H15ClN4OS/c1-21-8-18-7-9(21)6-11(17)14-19-15(22)13-10-4-2-3-5-12(10)23-16(13)20-14/h6-8H,2-5H2,1H3,(H,19,20,22)/b11-6-. The van der Waals surface area contributed by atoms with Crippen LogP contribution < -0.4 is 5.56 Å². The first-order valence-corrected chi connectivity index (χ1v) is 8.71. The quantitative estimate of drug-likeness (QED) is 0.774. The largest absolute Gasteiger partial charge is 0.334 e. The van der Waals surface area contributed by atoms with Crippen LogP contribution in [0.15, 0.2) is 17.3 Å². The Morgan fingerprint density at radius 1 is 1.43 bits per heavy atom. The molecular weight excluding hydrogens is 332 g/mol. The number of hydrogen-bond donors (Lipinski definition) is 1. The summed E-state index contributed by atoms with van der Waals surface area (Å²) in [6.07, 6.45) is 9.51. The van der Waals surface area contributed by atoms with E-state index in [0.29, 0.717) is 10.9 Å². The van der Waals surface area contributed by atoms with Crippen molar-refractivity contribution in [1.29, 1.82) is 0 Å². The van der Waals surface area contributed by atoms with Gasteiger partial charge in [-0.2, -0.15) is 0 Å². The van der Waals surface area contributed by atoms with Crippen LogP contribution in [0.25, 0.3) is 21.3 Å². The minimum atomic E-state index is -0.0963. The maximum absolute atomic E-state index is 12.5. The van der Waals surface area contributed by atoms with Gasteiger partial charge in [-0.25, -0.2) is 9.97 Å². The van der Waals surface area contributed by atoms with Crippen molar-refractivity contribution in [2.75, 3.05) is 0 Å². The van der Waals surface area contributed by atoms with Crippen LogP contribution in [0.3, 0.4) is 0 Å². The van der Waals surface area contributed by atoms with Crippen LogP contribution in [0, 0.1) is 0 Å². The van der Waals surface area contributed by atoms with Crippen LogP contribution >= 0.6 is 22.9 Å². The van der Waals surface area contributed by atoms with Crippen molar-refractivity contribution in [3.63, 3.8) is 0 Å². The van der Waals surface area contributed by atoms with Crippen LogP contribution in [-0.4, -0.2) is 19.5 Å². The van der Waals surface area contributed by atoms with Gasteiger partial charge in [-0.1, -0.05) is 11.6 Å².